The summed E-state index contributed by atoms with van der Waals surface area (Å²) in [6.45, 7) is 9.41. The van der Waals surface area contributed by atoms with Crippen molar-refractivity contribution >= 4 is 214 Å². The van der Waals surface area contributed by atoms with Gasteiger partial charge < -0.3 is 14.2 Å². The van der Waals surface area contributed by atoms with Gasteiger partial charge in [-0.25, -0.2) is 0 Å². The lowest BCUT2D eigenvalue weighted by Gasteiger charge is -2.26. The number of rotatable bonds is 10. The van der Waals surface area contributed by atoms with Crippen LogP contribution in [0.15, 0.2) is 381 Å². The molecule has 0 atom stereocenters. The lowest BCUT2D eigenvalue weighted by Crippen LogP contribution is -2.14. The van der Waals surface area contributed by atoms with Gasteiger partial charge in [-0.3, -0.25) is 0 Å². The second-order valence-electron chi connectivity index (χ2n) is 33.6. The van der Waals surface area contributed by atoms with E-state index in [4.69, 9.17) is 4.42 Å². The first-order chi connectivity index (χ1) is 60.0. The van der Waals surface area contributed by atoms with Gasteiger partial charge in [0.2, 0.25) is 0 Å². The average Bonchev–Trinajstić information content (AvgIpc) is 1.55. The lowest BCUT2D eigenvalue weighted by atomic mass is 9.82. The van der Waals surface area contributed by atoms with Gasteiger partial charge in [-0.1, -0.05) is 319 Å². The van der Waals surface area contributed by atoms with E-state index in [-0.39, 0.29) is 10.8 Å². The van der Waals surface area contributed by atoms with Gasteiger partial charge in [0.05, 0.1) is 16.1 Å². The Morgan fingerprint density at radius 3 is 0.893 bits per heavy atom. The molecule has 0 N–H and O–H groups in total. The van der Waals surface area contributed by atoms with Crippen molar-refractivity contribution < 1.29 is 4.42 Å². The molecule has 0 saturated heterocycles. The summed E-state index contributed by atoms with van der Waals surface area (Å²) in [5.41, 5.74) is 28.9. The van der Waals surface area contributed by atoms with Crippen LogP contribution in [0.2, 0.25) is 0 Å². The van der Waals surface area contributed by atoms with Crippen molar-refractivity contribution in [3.8, 4) is 66.8 Å². The highest BCUT2D eigenvalue weighted by molar-refractivity contribution is 7.28. The molecule has 2 aliphatic carbocycles. The van der Waals surface area contributed by atoms with Crippen molar-refractivity contribution in [1.29, 1.82) is 0 Å². The van der Waals surface area contributed by atoms with E-state index in [1.165, 1.54) is 196 Å². The Labute approximate surface area is 725 Å². The second-order valence-corrected chi connectivity index (χ2v) is 38.8. The largest absolute Gasteiger partial charge is 0.453 e. The first-order valence-electron chi connectivity index (χ1n) is 41.8. The predicted octanol–water partition coefficient (Wildman–Crippen LogP) is 35.3. The molecule has 0 fully saturated rings. The first kappa shape index (κ1) is 71.4. The number of furan rings is 1. The molecule has 122 heavy (non-hydrogen) atoms. The number of para-hydroxylation sites is 1. The molecule has 24 aromatic rings. The van der Waals surface area contributed by atoms with Gasteiger partial charge in [0.25, 0.3) is 0 Å². The van der Waals surface area contributed by atoms with E-state index in [2.05, 4.69) is 414 Å². The number of nitrogens with zero attached hydrogens (tertiary/aromatic N) is 2. The van der Waals surface area contributed by atoms with E-state index in [1.54, 1.807) is 0 Å². The van der Waals surface area contributed by atoms with Crippen LogP contribution in [0.4, 0.5) is 34.1 Å². The first-order valence-corrected chi connectivity index (χ1v) is 45.9. The highest BCUT2D eigenvalue weighted by Crippen LogP contribution is 2.58. The van der Waals surface area contributed by atoms with Gasteiger partial charge in [0.1, 0.15) is 5.58 Å². The van der Waals surface area contributed by atoms with E-state index in [9.17, 15) is 0 Å². The molecule has 2 aliphatic rings. The van der Waals surface area contributed by atoms with E-state index >= 15 is 0 Å². The maximum Gasteiger partial charge on any atom is 0.159 e. The zero-order valence-corrected chi connectivity index (χ0v) is 71.2. The molecule has 0 unspecified atom stereocenters. The number of hydrogen-bond donors (Lipinski definition) is 0. The van der Waals surface area contributed by atoms with Gasteiger partial charge in [-0.2, -0.15) is 0 Å². The Morgan fingerprint density at radius 1 is 0.197 bits per heavy atom. The summed E-state index contributed by atoms with van der Waals surface area (Å²) >= 11 is 9.47. The van der Waals surface area contributed by atoms with Gasteiger partial charge in [0.15, 0.2) is 5.58 Å². The summed E-state index contributed by atoms with van der Waals surface area (Å²) in [5, 5.41) is 15.4. The molecule has 0 radical (unpaired) electrons. The lowest BCUT2D eigenvalue weighted by molar-refractivity contribution is 0.653. The molecule has 0 amide bonds. The van der Waals surface area contributed by atoms with Gasteiger partial charge in [-0.15, -0.1) is 56.7 Å². The SMILES string of the molecule is CC1(C)c2ccccc2-c2c1ccc1c2oc2c(N(c3ccc(-c4cccc5c4sc4ccccc45)cc3)c3ccc(-c4cccc5c4sc4ccccc45)cc3)cccc21.CC1(C)c2ccccc2-c2c1ccc1c2sc2c(N(c3ccc(-c4cccc5c4sc4ccccc45)cc3)c3ccc(-c4cccc5c4sc4ccccc45)cc3)cccc21. The molecular formula is C114H74N2OS5. The zero-order chi connectivity index (χ0) is 80.8. The van der Waals surface area contributed by atoms with Crippen LogP contribution < -0.4 is 9.80 Å². The Morgan fingerprint density at radius 2 is 0.484 bits per heavy atom. The van der Waals surface area contributed by atoms with Crippen LogP contribution in [-0.4, -0.2) is 0 Å². The van der Waals surface area contributed by atoms with Crippen molar-refractivity contribution in [3.63, 3.8) is 0 Å². The fourth-order valence-electron chi connectivity index (χ4n) is 20.3. The zero-order valence-electron chi connectivity index (χ0n) is 67.1. The third kappa shape index (κ3) is 10.8. The molecule has 8 heteroatoms. The molecule has 6 aromatic heterocycles. The molecule has 576 valence electrons. The Balaban J connectivity index is 0.000000134. The van der Waals surface area contributed by atoms with Crippen LogP contribution in [0.25, 0.3) is 190 Å². The van der Waals surface area contributed by atoms with Crippen LogP contribution in [0.3, 0.4) is 0 Å². The Bertz CT molecular complexity index is 7640. The van der Waals surface area contributed by atoms with Gasteiger partial charge >= 0.3 is 0 Å². The van der Waals surface area contributed by atoms with Crippen molar-refractivity contribution in [1.82, 2.24) is 0 Å². The summed E-state index contributed by atoms with van der Waals surface area (Å²) in [6.07, 6.45) is 0. The van der Waals surface area contributed by atoms with Crippen molar-refractivity contribution in [2.24, 2.45) is 0 Å². The van der Waals surface area contributed by atoms with E-state index < -0.39 is 0 Å². The minimum Gasteiger partial charge on any atom is -0.453 e. The van der Waals surface area contributed by atoms with Crippen molar-refractivity contribution in [2.45, 2.75) is 38.5 Å². The molecule has 26 rings (SSSR count). The van der Waals surface area contributed by atoms with Gasteiger partial charge in [0, 0.05) is 152 Å². The number of fused-ring (bicyclic) bond motifs is 26. The topological polar surface area (TPSA) is 19.6 Å². The van der Waals surface area contributed by atoms with Crippen LogP contribution >= 0.6 is 56.7 Å². The van der Waals surface area contributed by atoms with Crippen LogP contribution in [0.1, 0.15) is 49.9 Å². The fraction of sp³-hybridized carbons (Fsp3) is 0.0526. The molecule has 18 aromatic carbocycles. The van der Waals surface area contributed by atoms with E-state index in [0.717, 1.165) is 50.4 Å². The predicted molar refractivity (Wildman–Crippen MR) is 531 cm³/mol. The number of benzene rings is 18. The molecule has 0 saturated carbocycles. The van der Waals surface area contributed by atoms with E-state index in [0.29, 0.717) is 0 Å². The second kappa shape index (κ2) is 27.5. The number of hydrogen-bond acceptors (Lipinski definition) is 8. The molecule has 0 bridgehead atoms. The smallest absolute Gasteiger partial charge is 0.159 e. The average molecular weight is 1650 g/mol. The molecular weight excluding hydrogens is 1570 g/mol. The highest BCUT2D eigenvalue weighted by Gasteiger charge is 2.40. The Kier molecular flexibility index (Phi) is 16.1. The molecule has 6 heterocycles. The summed E-state index contributed by atoms with van der Waals surface area (Å²) in [4.78, 5) is 4.85. The third-order valence-electron chi connectivity index (χ3n) is 26.2. The van der Waals surface area contributed by atoms with Crippen LogP contribution in [0, 0.1) is 0 Å². The summed E-state index contributed by atoms with van der Waals surface area (Å²) in [7, 11) is 0. The minimum absolute atomic E-state index is 0.0466. The molecule has 0 aliphatic heterocycles. The fourth-order valence-corrected chi connectivity index (χ4v) is 26.6. The van der Waals surface area contributed by atoms with Crippen molar-refractivity contribution in [3.05, 3.63) is 398 Å². The minimum atomic E-state index is -0.113. The molecule has 0 spiro atoms. The third-order valence-corrected chi connectivity index (χ3v) is 32.4. The number of thiophene rings is 5. The quantitative estimate of drug-likeness (QED) is 0.136. The standard InChI is InChI=1S/C57H37NOS2.C57H37NS3/c1-57(2)47-20-6-3-14-46(47)52-48(57)33-32-43-42-17-11-21-49(53(42)59-54(43)52)58(36-28-24-34(25-29-36)38-15-9-18-44-40-12-4-7-22-50(40)60-55(38)44)37-30-26-35(27-31-37)39-16-10-19-45-41-13-5-8-23-51(41)61-56(39)45;1-57(2)47-20-6-3-14-46(47)52-48(57)33-32-45-44-19-11-21-49(55(44)61-56(45)52)58(36-28-24-34(25-29-36)38-15-9-17-42-40-12-4-7-22-50(40)59-53(38)42)37-30-26-35(27-31-37)39-16-10-18-43-41-13-5-8-23-51(41)60-54(39)43/h2*3-33H,1-2H3. The molecule has 3 nitrogen and oxygen atoms in total. The maximum atomic E-state index is 7.20. The summed E-state index contributed by atoms with van der Waals surface area (Å²) < 4.78 is 20.5. The van der Waals surface area contributed by atoms with Crippen LogP contribution in [-0.2, 0) is 10.8 Å². The monoisotopic (exact) mass is 1650 g/mol. The number of anilines is 6. The summed E-state index contributed by atoms with van der Waals surface area (Å²) in [6, 6.07) is 139. The Hall–Kier alpha value is -13.5. The highest BCUT2D eigenvalue weighted by atomic mass is 32.1. The summed E-state index contributed by atoms with van der Waals surface area (Å²) in [5.74, 6) is 0. The maximum absolute atomic E-state index is 7.20. The van der Waals surface area contributed by atoms with Crippen molar-refractivity contribution in [2.75, 3.05) is 9.80 Å². The normalized spacial score (nSPS) is 13.2. The van der Waals surface area contributed by atoms with E-state index in [1.807, 2.05) is 56.7 Å². The van der Waals surface area contributed by atoms with Crippen LogP contribution in [0.5, 0.6) is 0 Å². The van der Waals surface area contributed by atoms with Gasteiger partial charge in [-0.05, 0) is 163 Å².